The number of alkyl halides is 6. The highest BCUT2D eigenvalue weighted by molar-refractivity contribution is 5.29. The van der Waals surface area contributed by atoms with Gasteiger partial charge < -0.3 is 0 Å². The van der Waals surface area contributed by atoms with Crippen molar-refractivity contribution < 1.29 is 30.7 Å². The predicted molar refractivity (Wildman–Crippen MR) is 34.2 cm³/mol. The predicted octanol–water partition coefficient (Wildman–Crippen LogP) is 3.26. The molecule has 0 aromatic carbocycles. The molecule has 1 nitrogen and oxygen atoms in total. The van der Waals surface area contributed by atoms with Crippen LogP contribution in [0.1, 0.15) is 11.1 Å². The van der Waals surface area contributed by atoms with Gasteiger partial charge in [0.1, 0.15) is 5.56 Å². The first kappa shape index (κ1) is 11.7. The Morgan fingerprint density at radius 3 is 1.80 bits per heavy atom. The third-order valence-electron chi connectivity index (χ3n) is 1.49. The highest BCUT2D eigenvalue weighted by Gasteiger charge is 2.45. The molecular weight excluding hydrogens is 231 g/mol. The third kappa shape index (κ3) is 2.37. The molecule has 0 aliphatic rings. The lowest BCUT2D eigenvalue weighted by atomic mass is 10.1. The number of aromatic nitrogens is 1. The average molecular weight is 233 g/mol. The van der Waals surface area contributed by atoms with E-state index in [0.29, 0.717) is 6.20 Å². The highest BCUT2D eigenvalue weighted by Crippen LogP contribution is 2.40. The molecule has 1 aromatic heterocycles. The molecule has 0 bridgehead atoms. The summed E-state index contributed by atoms with van der Waals surface area (Å²) >= 11 is 0. The van der Waals surface area contributed by atoms with E-state index >= 15 is 0 Å². The zero-order valence-corrected chi connectivity index (χ0v) is 6.75. The smallest absolute Gasteiger partial charge is 0.228 e. The van der Waals surface area contributed by atoms with Gasteiger partial charge in [-0.15, -0.1) is 0 Å². The molecule has 1 heterocycles. The van der Waals surface area contributed by atoms with Gasteiger partial charge in [0.15, 0.2) is 0 Å². The van der Waals surface area contributed by atoms with E-state index in [0.717, 1.165) is 0 Å². The van der Waals surface area contributed by atoms with Crippen LogP contribution in [0.5, 0.6) is 0 Å². The summed E-state index contributed by atoms with van der Waals surface area (Å²) in [5.74, 6) is -2.18. The van der Waals surface area contributed by atoms with Gasteiger partial charge in [-0.3, -0.25) is 0 Å². The van der Waals surface area contributed by atoms with Gasteiger partial charge in [-0.05, 0) is 6.07 Å². The Bertz CT molecular complexity index is 365. The van der Waals surface area contributed by atoms with Crippen LogP contribution >= 0.6 is 0 Å². The maximum atomic E-state index is 12.5. The normalized spacial score (nSPS) is 13.0. The van der Waals surface area contributed by atoms with Gasteiger partial charge in [0.05, 0.1) is 5.56 Å². The van der Waals surface area contributed by atoms with Crippen molar-refractivity contribution >= 4 is 0 Å². The van der Waals surface area contributed by atoms with Crippen molar-refractivity contribution in [3.63, 3.8) is 0 Å². The molecule has 0 aliphatic carbocycles. The monoisotopic (exact) mass is 233 g/mol. The summed E-state index contributed by atoms with van der Waals surface area (Å²) in [5, 5.41) is 0. The maximum absolute atomic E-state index is 12.5. The zero-order chi connectivity index (χ0) is 11.9. The van der Waals surface area contributed by atoms with E-state index in [2.05, 4.69) is 4.98 Å². The molecule has 0 fully saturated rings. The Kier molecular flexibility index (Phi) is 2.62. The van der Waals surface area contributed by atoms with Crippen molar-refractivity contribution in [2.75, 3.05) is 0 Å². The minimum absolute atomic E-state index is 0.0753. The lowest BCUT2D eigenvalue weighted by Crippen LogP contribution is -2.19. The van der Waals surface area contributed by atoms with Gasteiger partial charge in [-0.25, -0.2) is 4.98 Å². The van der Waals surface area contributed by atoms with E-state index in [4.69, 9.17) is 0 Å². The van der Waals surface area contributed by atoms with E-state index in [9.17, 15) is 30.7 Å². The van der Waals surface area contributed by atoms with Crippen LogP contribution in [0.3, 0.4) is 0 Å². The van der Waals surface area contributed by atoms with Crippen LogP contribution in [0, 0.1) is 5.95 Å². The topological polar surface area (TPSA) is 12.9 Å². The summed E-state index contributed by atoms with van der Waals surface area (Å²) < 4.78 is 84.9. The Morgan fingerprint density at radius 2 is 1.47 bits per heavy atom. The molecule has 0 spiro atoms. The molecular formula is C7H2F7N. The van der Waals surface area contributed by atoms with Gasteiger partial charge in [0.2, 0.25) is 5.95 Å². The summed E-state index contributed by atoms with van der Waals surface area (Å²) in [5.41, 5.74) is -4.47. The average Bonchev–Trinajstić information content (AvgIpc) is 1.99. The van der Waals surface area contributed by atoms with Gasteiger partial charge in [0, 0.05) is 6.20 Å². The van der Waals surface area contributed by atoms with Crippen molar-refractivity contribution in [2.24, 2.45) is 0 Å². The van der Waals surface area contributed by atoms with Gasteiger partial charge in [0.25, 0.3) is 0 Å². The molecule has 0 saturated carbocycles. The number of halogens is 7. The lowest BCUT2D eigenvalue weighted by Gasteiger charge is -2.14. The van der Waals surface area contributed by atoms with Crippen molar-refractivity contribution in [3.05, 3.63) is 29.3 Å². The summed E-state index contributed by atoms with van der Waals surface area (Å²) in [7, 11) is 0. The first-order valence-corrected chi connectivity index (χ1v) is 3.43. The molecule has 0 unspecified atom stereocenters. The fraction of sp³-hybridized carbons (Fsp3) is 0.286. The standard InChI is InChI=1S/C7H2F7N/c8-5-4(7(12,13)14)3(1-2-15-5)6(9,10)11/h1-2H. The quantitative estimate of drug-likeness (QED) is 0.495. The van der Waals surface area contributed by atoms with Crippen LogP contribution in [-0.4, -0.2) is 4.98 Å². The molecule has 0 atom stereocenters. The SMILES string of the molecule is Fc1nccc(C(F)(F)F)c1C(F)(F)F. The summed E-state index contributed by atoms with van der Waals surface area (Å²) in [4.78, 5) is 2.53. The number of hydrogen-bond acceptors (Lipinski definition) is 1. The first-order valence-electron chi connectivity index (χ1n) is 3.43. The van der Waals surface area contributed by atoms with Crippen molar-refractivity contribution in [1.29, 1.82) is 0 Å². The van der Waals surface area contributed by atoms with Crippen LogP contribution < -0.4 is 0 Å². The molecule has 15 heavy (non-hydrogen) atoms. The van der Waals surface area contributed by atoms with E-state index in [1.165, 1.54) is 0 Å². The summed E-state index contributed by atoms with van der Waals surface area (Å²) in [6.45, 7) is 0. The molecule has 0 saturated heterocycles. The van der Waals surface area contributed by atoms with Crippen molar-refractivity contribution in [2.45, 2.75) is 12.4 Å². The van der Waals surface area contributed by atoms with Crippen molar-refractivity contribution in [3.8, 4) is 0 Å². The Labute approximate surface area is 78.5 Å². The largest absolute Gasteiger partial charge is 0.421 e. The first-order chi connectivity index (χ1) is 6.64. The van der Waals surface area contributed by atoms with Gasteiger partial charge in [-0.2, -0.15) is 30.7 Å². The maximum Gasteiger partial charge on any atom is 0.421 e. The molecule has 84 valence electrons. The molecule has 0 amide bonds. The fourth-order valence-electron chi connectivity index (χ4n) is 0.942. The minimum atomic E-state index is -5.43. The number of rotatable bonds is 0. The summed E-state index contributed by atoms with van der Waals surface area (Å²) in [6.07, 6.45) is -10.4. The Balaban J connectivity index is 3.48. The Morgan fingerprint density at radius 1 is 0.933 bits per heavy atom. The van der Waals surface area contributed by atoms with Gasteiger partial charge in [-0.1, -0.05) is 0 Å². The van der Waals surface area contributed by atoms with Gasteiger partial charge >= 0.3 is 12.4 Å². The second kappa shape index (κ2) is 3.35. The second-order valence-electron chi connectivity index (χ2n) is 2.52. The molecule has 8 heteroatoms. The van der Waals surface area contributed by atoms with Crippen LogP contribution in [0.25, 0.3) is 0 Å². The third-order valence-corrected chi connectivity index (χ3v) is 1.49. The molecule has 0 N–H and O–H groups in total. The van der Waals surface area contributed by atoms with Crippen LogP contribution in [-0.2, 0) is 12.4 Å². The second-order valence-corrected chi connectivity index (χ2v) is 2.52. The molecule has 1 aromatic rings. The fourth-order valence-corrected chi connectivity index (χ4v) is 0.942. The number of pyridine rings is 1. The number of hydrogen-bond donors (Lipinski definition) is 0. The Hall–Kier alpha value is -1.34. The van der Waals surface area contributed by atoms with Crippen LogP contribution in [0.2, 0.25) is 0 Å². The number of nitrogens with zero attached hydrogens (tertiary/aromatic N) is 1. The summed E-state index contributed by atoms with van der Waals surface area (Å²) in [6, 6.07) is 0.0753. The lowest BCUT2D eigenvalue weighted by molar-refractivity contribution is -0.164. The molecule has 1 rings (SSSR count). The highest BCUT2D eigenvalue weighted by atomic mass is 19.4. The zero-order valence-electron chi connectivity index (χ0n) is 6.75. The van der Waals surface area contributed by atoms with E-state index in [1.54, 1.807) is 0 Å². The van der Waals surface area contributed by atoms with E-state index in [-0.39, 0.29) is 6.07 Å². The van der Waals surface area contributed by atoms with Crippen LogP contribution in [0.4, 0.5) is 30.7 Å². The van der Waals surface area contributed by atoms with E-state index in [1.807, 2.05) is 0 Å². The molecule has 0 radical (unpaired) electrons. The van der Waals surface area contributed by atoms with Crippen molar-refractivity contribution in [1.82, 2.24) is 4.98 Å². The molecule has 0 aliphatic heterocycles. The van der Waals surface area contributed by atoms with E-state index < -0.39 is 29.4 Å². The van der Waals surface area contributed by atoms with Crippen LogP contribution in [0.15, 0.2) is 12.3 Å². The minimum Gasteiger partial charge on any atom is -0.228 e.